The van der Waals surface area contributed by atoms with E-state index in [0.29, 0.717) is 12.1 Å². The SMILES string of the molecule is O=C(Nc1cc(F)c(F)cc1F)c1ccc(NS(=O)(=O)c2cc(Cl)ccc2Cl)cc1. The molecule has 0 saturated heterocycles. The Morgan fingerprint density at radius 1 is 0.833 bits per heavy atom. The normalized spacial score (nSPS) is 11.2. The van der Waals surface area contributed by atoms with Crippen LogP contribution in [-0.4, -0.2) is 14.3 Å². The maximum atomic E-state index is 13.7. The molecule has 156 valence electrons. The van der Waals surface area contributed by atoms with Gasteiger partial charge in [0.05, 0.1) is 10.7 Å². The first-order valence-corrected chi connectivity index (χ1v) is 10.3. The summed E-state index contributed by atoms with van der Waals surface area (Å²) in [4.78, 5) is 12.0. The fourth-order valence-corrected chi connectivity index (χ4v) is 4.22. The van der Waals surface area contributed by atoms with Crippen molar-refractivity contribution in [3.05, 3.63) is 87.7 Å². The number of halogens is 5. The summed E-state index contributed by atoms with van der Waals surface area (Å²) in [6.45, 7) is 0. The van der Waals surface area contributed by atoms with Crippen molar-refractivity contribution in [1.29, 1.82) is 0 Å². The van der Waals surface area contributed by atoms with Gasteiger partial charge in [-0.05, 0) is 42.5 Å². The molecular weight excluding hydrogens is 464 g/mol. The molecule has 0 spiro atoms. The average Bonchev–Trinajstić information content (AvgIpc) is 2.68. The molecule has 5 nitrogen and oxygen atoms in total. The van der Waals surface area contributed by atoms with Crippen molar-refractivity contribution in [2.24, 2.45) is 0 Å². The molecule has 30 heavy (non-hydrogen) atoms. The van der Waals surface area contributed by atoms with Crippen molar-refractivity contribution in [3.8, 4) is 0 Å². The van der Waals surface area contributed by atoms with Gasteiger partial charge < -0.3 is 5.32 Å². The van der Waals surface area contributed by atoms with Crippen LogP contribution >= 0.6 is 23.2 Å². The lowest BCUT2D eigenvalue weighted by Gasteiger charge is -2.11. The van der Waals surface area contributed by atoms with Gasteiger partial charge in [-0.1, -0.05) is 23.2 Å². The maximum absolute atomic E-state index is 13.7. The zero-order chi connectivity index (χ0) is 22.1. The number of anilines is 2. The zero-order valence-electron chi connectivity index (χ0n) is 14.7. The van der Waals surface area contributed by atoms with E-state index in [1.165, 1.54) is 42.5 Å². The van der Waals surface area contributed by atoms with Crippen LogP contribution in [0.2, 0.25) is 10.0 Å². The first kappa shape index (κ1) is 21.9. The van der Waals surface area contributed by atoms with Gasteiger partial charge in [0.15, 0.2) is 11.6 Å². The summed E-state index contributed by atoms with van der Waals surface area (Å²) in [7, 11) is -4.06. The highest BCUT2D eigenvalue weighted by Crippen LogP contribution is 2.27. The van der Waals surface area contributed by atoms with Gasteiger partial charge in [0.25, 0.3) is 15.9 Å². The molecule has 0 heterocycles. The van der Waals surface area contributed by atoms with Gasteiger partial charge in [-0.3, -0.25) is 9.52 Å². The van der Waals surface area contributed by atoms with Crippen LogP contribution in [0.3, 0.4) is 0 Å². The summed E-state index contributed by atoms with van der Waals surface area (Å²) in [5.41, 5.74) is -0.413. The molecule has 3 rings (SSSR count). The van der Waals surface area contributed by atoms with Gasteiger partial charge in [0.2, 0.25) is 0 Å². The molecule has 0 aliphatic rings. The second kappa shape index (κ2) is 8.55. The smallest absolute Gasteiger partial charge is 0.263 e. The highest BCUT2D eigenvalue weighted by molar-refractivity contribution is 7.92. The number of hydrogen-bond acceptors (Lipinski definition) is 3. The average molecular weight is 475 g/mol. The van der Waals surface area contributed by atoms with Crippen molar-refractivity contribution in [1.82, 2.24) is 0 Å². The van der Waals surface area contributed by atoms with Crippen LogP contribution < -0.4 is 10.0 Å². The second-order valence-electron chi connectivity index (χ2n) is 5.96. The number of hydrogen-bond donors (Lipinski definition) is 2. The molecule has 0 aliphatic carbocycles. The van der Waals surface area contributed by atoms with E-state index in [1.54, 1.807) is 0 Å². The van der Waals surface area contributed by atoms with Crippen molar-refractivity contribution in [2.45, 2.75) is 4.90 Å². The number of sulfonamides is 1. The van der Waals surface area contributed by atoms with E-state index in [4.69, 9.17) is 23.2 Å². The third kappa shape index (κ3) is 4.86. The van der Waals surface area contributed by atoms with Crippen molar-refractivity contribution in [2.75, 3.05) is 10.0 Å². The van der Waals surface area contributed by atoms with Crippen molar-refractivity contribution < 1.29 is 26.4 Å². The standard InChI is InChI=1S/C19H11Cl2F3N2O3S/c20-11-3-6-13(21)18(7-11)30(28,29)26-12-4-1-10(2-5-12)19(27)25-17-9-15(23)14(22)8-16(17)24/h1-9,26H,(H,25,27). The van der Waals surface area contributed by atoms with Gasteiger partial charge >= 0.3 is 0 Å². The molecule has 0 aliphatic heterocycles. The second-order valence-corrected chi connectivity index (χ2v) is 8.45. The van der Waals surface area contributed by atoms with E-state index in [-0.39, 0.29) is 26.2 Å². The lowest BCUT2D eigenvalue weighted by Crippen LogP contribution is -2.15. The summed E-state index contributed by atoms with van der Waals surface area (Å²) < 4.78 is 67.1. The van der Waals surface area contributed by atoms with E-state index in [1.807, 2.05) is 0 Å². The Bertz CT molecular complexity index is 1240. The molecule has 0 saturated carbocycles. The van der Waals surface area contributed by atoms with Crippen LogP contribution in [0, 0.1) is 17.5 Å². The van der Waals surface area contributed by atoms with Crippen LogP contribution in [0.1, 0.15) is 10.4 Å². The third-order valence-corrected chi connectivity index (χ3v) is 5.94. The van der Waals surface area contributed by atoms with E-state index in [9.17, 15) is 26.4 Å². The Kier molecular flexibility index (Phi) is 6.25. The lowest BCUT2D eigenvalue weighted by atomic mass is 10.2. The fraction of sp³-hybridized carbons (Fsp3) is 0. The predicted molar refractivity (Wildman–Crippen MR) is 108 cm³/mol. The van der Waals surface area contributed by atoms with Gasteiger partial charge in [-0.15, -0.1) is 0 Å². The molecule has 1 amide bonds. The molecule has 0 fully saturated rings. The van der Waals surface area contributed by atoms with Gasteiger partial charge in [-0.25, -0.2) is 21.6 Å². The fourth-order valence-electron chi connectivity index (χ4n) is 2.40. The van der Waals surface area contributed by atoms with E-state index < -0.39 is 39.1 Å². The minimum Gasteiger partial charge on any atom is -0.319 e. The summed E-state index contributed by atoms with van der Waals surface area (Å²) in [5.74, 6) is -4.67. The molecule has 3 aromatic rings. The molecule has 3 aromatic carbocycles. The highest BCUT2D eigenvalue weighted by atomic mass is 35.5. The Morgan fingerprint density at radius 3 is 2.13 bits per heavy atom. The van der Waals surface area contributed by atoms with Gasteiger partial charge in [0, 0.05) is 28.4 Å². The topological polar surface area (TPSA) is 75.3 Å². The van der Waals surface area contributed by atoms with E-state index in [0.717, 1.165) is 0 Å². The van der Waals surface area contributed by atoms with Crippen molar-refractivity contribution >= 4 is 50.5 Å². The first-order chi connectivity index (χ1) is 14.1. The number of carbonyl (C=O) groups excluding carboxylic acids is 1. The van der Waals surface area contributed by atoms with Gasteiger partial charge in [-0.2, -0.15) is 0 Å². The van der Waals surface area contributed by atoms with E-state index in [2.05, 4.69) is 10.0 Å². The lowest BCUT2D eigenvalue weighted by molar-refractivity contribution is 0.102. The Hall–Kier alpha value is -2.75. The van der Waals surface area contributed by atoms with E-state index >= 15 is 0 Å². The number of carbonyl (C=O) groups is 1. The highest BCUT2D eigenvalue weighted by Gasteiger charge is 2.19. The monoisotopic (exact) mass is 474 g/mol. The van der Waals surface area contributed by atoms with Crippen LogP contribution in [0.4, 0.5) is 24.5 Å². The molecule has 0 atom stereocenters. The first-order valence-electron chi connectivity index (χ1n) is 8.10. The summed E-state index contributed by atoms with van der Waals surface area (Å²) >= 11 is 11.7. The predicted octanol–water partition coefficient (Wildman–Crippen LogP) is 5.46. The number of benzene rings is 3. The number of rotatable bonds is 5. The number of amides is 1. The Morgan fingerprint density at radius 2 is 1.47 bits per heavy atom. The minimum absolute atomic E-state index is 0.0165. The van der Waals surface area contributed by atoms with Crippen LogP contribution in [-0.2, 0) is 10.0 Å². The van der Waals surface area contributed by atoms with Crippen LogP contribution in [0.25, 0.3) is 0 Å². The van der Waals surface area contributed by atoms with Crippen molar-refractivity contribution in [3.63, 3.8) is 0 Å². The molecule has 0 unspecified atom stereocenters. The summed E-state index contributed by atoms with van der Waals surface area (Å²) in [5, 5.41) is 2.26. The largest absolute Gasteiger partial charge is 0.319 e. The zero-order valence-corrected chi connectivity index (χ0v) is 17.0. The summed E-state index contributed by atoms with van der Waals surface area (Å²) in [6, 6.07) is 9.86. The molecule has 0 radical (unpaired) electrons. The minimum atomic E-state index is -4.06. The third-order valence-electron chi connectivity index (χ3n) is 3.84. The molecular formula is C19H11Cl2F3N2O3S. The van der Waals surface area contributed by atoms with Crippen LogP contribution in [0.15, 0.2) is 59.5 Å². The quantitative estimate of drug-likeness (QED) is 0.481. The maximum Gasteiger partial charge on any atom is 0.263 e. The Labute approximate surface area is 179 Å². The van der Waals surface area contributed by atoms with Crippen LogP contribution in [0.5, 0.6) is 0 Å². The molecule has 2 N–H and O–H groups in total. The molecule has 11 heteroatoms. The summed E-state index contributed by atoms with van der Waals surface area (Å²) in [6.07, 6.45) is 0. The molecule has 0 aromatic heterocycles. The number of nitrogens with one attached hydrogen (secondary N) is 2. The molecule has 0 bridgehead atoms. The van der Waals surface area contributed by atoms with Gasteiger partial charge in [0.1, 0.15) is 10.7 Å². The Balaban J connectivity index is 1.77.